The van der Waals surface area contributed by atoms with Crippen molar-refractivity contribution in [3.05, 3.63) is 24.0 Å². The molecule has 2 saturated heterocycles. The van der Waals surface area contributed by atoms with Gasteiger partial charge in [-0.2, -0.15) is 17.5 Å². The molecular weight excluding hydrogens is 419 g/mol. The van der Waals surface area contributed by atoms with E-state index in [2.05, 4.69) is 9.88 Å². The molecule has 3 heterocycles. The molecule has 1 aromatic rings. The quantitative estimate of drug-likeness (QED) is 0.666. The fourth-order valence-corrected chi connectivity index (χ4v) is 5.61. The number of halogens is 3. The summed E-state index contributed by atoms with van der Waals surface area (Å²) in [5, 5.41) is 0. The van der Waals surface area contributed by atoms with E-state index in [4.69, 9.17) is 4.74 Å². The van der Waals surface area contributed by atoms with Crippen LogP contribution < -0.4 is 0 Å². The predicted octanol–water partition coefficient (Wildman–Crippen LogP) is 3.39. The number of likely N-dealkylation sites (tertiary alicyclic amines) is 1. The van der Waals surface area contributed by atoms with Crippen LogP contribution in [-0.4, -0.2) is 68.0 Å². The molecule has 0 aliphatic carbocycles. The maximum Gasteiger partial charge on any atom is 0.433 e. The average molecular weight is 450 g/mol. The maximum absolute atomic E-state index is 12.8. The summed E-state index contributed by atoms with van der Waals surface area (Å²) in [6, 6.07) is 1.71. The van der Waals surface area contributed by atoms with Crippen molar-refractivity contribution in [3.8, 4) is 0 Å². The first-order valence-corrected chi connectivity index (χ1v) is 11.8. The molecule has 0 N–H and O–H groups in total. The van der Waals surface area contributed by atoms with Gasteiger partial charge in [-0.15, -0.1) is 0 Å². The second-order valence-corrected chi connectivity index (χ2v) is 10.5. The molecule has 30 heavy (non-hydrogen) atoms. The second kappa shape index (κ2) is 9.10. The van der Waals surface area contributed by atoms with Crippen molar-refractivity contribution >= 4 is 10.0 Å². The number of hydrogen-bond donors (Lipinski definition) is 0. The fourth-order valence-electron chi connectivity index (χ4n) is 4.22. The minimum Gasteiger partial charge on any atom is -0.377 e. The van der Waals surface area contributed by atoms with Gasteiger partial charge >= 0.3 is 6.18 Å². The average Bonchev–Trinajstić information content (AvgIpc) is 2.69. The molecule has 2 fully saturated rings. The first-order valence-electron chi connectivity index (χ1n) is 10.4. The number of aromatic nitrogens is 1. The SMILES string of the molecule is CC(C)OCCN1CCC2(CC1)CCN(S(=O)(=O)c1ccc(C(F)(F)F)nc1)CC2. The Kier molecular flexibility index (Phi) is 7.11. The van der Waals surface area contributed by atoms with Crippen molar-refractivity contribution in [1.29, 1.82) is 0 Å². The minimum atomic E-state index is -4.59. The molecule has 0 unspecified atom stereocenters. The third kappa shape index (κ3) is 5.52. The van der Waals surface area contributed by atoms with Crippen LogP contribution in [0.3, 0.4) is 0 Å². The number of pyridine rings is 1. The highest BCUT2D eigenvalue weighted by atomic mass is 32.2. The Balaban J connectivity index is 1.54. The van der Waals surface area contributed by atoms with Gasteiger partial charge < -0.3 is 9.64 Å². The van der Waals surface area contributed by atoms with E-state index in [0.717, 1.165) is 70.3 Å². The molecule has 1 spiro atoms. The summed E-state index contributed by atoms with van der Waals surface area (Å²) in [6.07, 6.45) is 0.0602. The van der Waals surface area contributed by atoms with Gasteiger partial charge in [-0.25, -0.2) is 8.42 Å². The largest absolute Gasteiger partial charge is 0.433 e. The van der Waals surface area contributed by atoms with Gasteiger partial charge in [0.15, 0.2) is 0 Å². The monoisotopic (exact) mass is 449 g/mol. The number of ether oxygens (including phenoxy) is 1. The van der Waals surface area contributed by atoms with Crippen molar-refractivity contribution < 1.29 is 26.3 Å². The standard InChI is InChI=1S/C20H30F3N3O3S/c1-16(2)29-14-13-25-9-5-19(6-10-25)7-11-26(12-8-19)30(27,28)17-3-4-18(24-15-17)20(21,22)23/h3-4,15-16H,5-14H2,1-2H3. The van der Waals surface area contributed by atoms with E-state index in [1.807, 2.05) is 13.8 Å². The Morgan fingerprint density at radius 3 is 2.20 bits per heavy atom. The molecule has 3 rings (SSSR count). The van der Waals surface area contributed by atoms with Gasteiger partial charge in [0.25, 0.3) is 0 Å². The summed E-state index contributed by atoms with van der Waals surface area (Å²) >= 11 is 0. The summed E-state index contributed by atoms with van der Waals surface area (Å²) in [7, 11) is -3.83. The Hall–Kier alpha value is -1.23. The third-order valence-electron chi connectivity index (χ3n) is 6.22. The summed E-state index contributed by atoms with van der Waals surface area (Å²) in [6.45, 7) is 8.42. The van der Waals surface area contributed by atoms with E-state index in [-0.39, 0.29) is 16.4 Å². The van der Waals surface area contributed by atoms with E-state index in [9.17, 15) is 21.6 Å². The van der Waals surface area contributed by atoms with Crippen LogP contribution in [0.25, 0.3) is 0 Å². The highest BCUT2D eigenvalue weighted by Crippen LogP contribution is 2.42. The van der Waals surface area contributed by atoms with E-state index in [0.29, 0.717) is 13.1 Å². The molecule has 0 saturated carbocycles. The van der Waals surface area contributed by atoms with Crippen molar-refractivity contribution in [2.24, 2.45) is 5.41 Å². The molecule has 1 aromatic heterocycles. The van der Waals surface area contributed by atoms with Gasteiger partial charge in [-0.05, 0) is 70.2 Å². The third-order valence-corrected chi connectivity index (χ3v) is 8.11. The van der Waals surface area contributed by atoms with Crippen LogP contribution >= 0.6 is 0 Å². The zero-order chi connectivity index (χ0) is 22.0. The van der Waals surface area contributed by atoms with E-state index in [1.165, 1.54) is 4.31 Å². The van der Waals surface area contributed by atoms with Crippen molar-refractivity contribution in [3.63, 3.8) is 0 Å². The Morgan fingerprint density at radius 2 is 1.70 bits per heavy atom. The van der Waals surface area contributed by atoms with E-state index >= 15 is 0 Å². The number of piperidine rings is 2. The van der Waals surface area contributed by atoms with E-state index < -0.39 is 21.9 Å². The lowest BCUT2D eigenvalue weighted by Gasteiger charge is -2.46. The molecule has 0 bridgehead atoms. The molecule has 2 aliphatic heterocycles. The zero-order valence-electron chi connectivity index (χ0n) is 17.5. The maximum atomic E-state index is 12.8. The molecule has 0 aromatic carbocycles. The molecule has 0 radical (unpaired) electrons. The zero-order valence-corrected chi connectivity index (χ0v) is 18.3. The topological polar surface area (TPSA) is 62.7 Å². The summed E-state index contributed by atoms with van der Waals surface area (Å²) in [5.74, 6) is 0. The number of sulfonamides is 1. The van der Waals surface area contributed by atoms with Gasteiger partial charge in [0, 0.05) is 25.8 Å². The molecule has 0 atom stereocenters. The van der Waals surface area contributed by atoms with Gasteiger partial charge in [0.1, 0.15) is 10.6 Å². The van der Waals surface area contributed by atoms with Crippen LogP contribution in [0.15, 0.2) is 23.2 Å². The van der Waals surface area contributed by atoms with Crippen LogP contribution in [0.1, 0.15) is 45.2 Å². The van der Waals surface area contributed by atoms with Gasteiger partial charge in [0.05, 0.1) is 12.7 Å². The van der Waals surface area contributed by atoms with Crippen LogP contribution in [0.2, 0.25) is 0 Å². The molecule has 0 amide bonds. The fraction of sp³-hybridized carbons (Fsp3) is 0.750. The number of rotatable bonds is 6. The van der Waals surface area contributed by atoms with Crippen LogP contribution in [0, 0.1) is 5.41 Å². The Morgan fingerprint density at radius 1 is 1.10 bits per heavy atom. The van der Waals surface area contributed by atoms with Crippen molar-refractivity contribution in [2.45, 2.75) is 56.7 Å². The lowest BCUT2D eigenvalue weighted by molar-refractivity contribution is -0.141. The molecule has 6 nitrogen and oxygen atoms in total. The van der Waals surface area contributed by atoms with Gasteiger partial charge in [0.2, 0.25) is 10.0 Å². The summed E-state index contributed by atoms with van der Waals surface area (Å²) in [4.78, 5) is 5.50. The normalized spacial score (nSPS) is 21.4. The van der Waals surface area contributed by atoms with Gasteiger partial charge in [-0.1, -0.05) is 0 Å². The predicted molar refractivity (Wildman–Crippen MR) is 106 cm³/mol. The van der Waals surface area contributed by atoms with Crippen LogP contribution in [-0.2, 0) is 20.9 Å². The van der Waals surface area contributed by atoms with Crippen molar-refractivity contribution in [2.75, 3.05) is 39.3 Å². The Labute approximate surface area is 176 Å². The first kappa shape index (κ1) is 23.4. The van der Waals surface area contributed by atoms with Crippen molar-refractivity contribution in [1.82, 2.24) is 14.2 Å². The highest BCUT2D eigenvalue weighted by molar-refractivity contribution is 7.89. The van der Waals surface area contributed by atoms with E-state index in [1.54, 1.807) is 0 Å². The van der Waals surface area contributed by atoms with Crippen LogP contribution in [0.5, 0.6) is 0 Å². The molecule has 170 valence electrons. The highest BCUT2D eigenvalue weighted by Gasteiger charge is 2.41. The minimum absolute atomic E-state index is 0.153. The molecule has 10 heteroatoms. The summed E-state index contributed by atoms with van der Waals surface area (Å²) < 4.78 is 70.7. The second-order valence-electron chi connectivity index (χ2n) is 8.54. The number of alkyl halides is 3. The first-order chi connectivity index (χ1) is 14.0. The smallest absolute Gasteiger partial charge is 0.377 e. The number of nitrogens with zero attached hydrogens (tertiary/aromatic N) is 3. The Bertz CT molecular complexity index is 795. The molecule has 2 aliphatic rings. The van der Waals surface area contributed by atoms with Gasteiger partial charge in [-0.3, -0.25) is 4.98 Å². The van der Waals surface area contributed by atoms with Crippen LogP contribution in [0.4, 0.5) is 13.2 Å². The summed E-state index contributed by atoms with van der Waals surface area (Å²) in [5.41, 5.74) is -0.940. The lowest BCUT2D eigenvalue weighted by atomic mass is 9.71. The molecular formula is C20H30F3N3O3S. The number of hydrogen-bond acceptors (Lipinski definition) is 5. The lowest BCUT2D eigenvalue weighted by Crippen LogP contribution is -2.48.